The summed E-state index contributed by atoms with van der Waals surface area (Å²) in [5.74, 6) is -1.02. The number of nitrogens with one attached hydrogen (secondary N) is 1. The van der Waals surface area contributed by atoms with Gasteiger partial charge in [0.2, 0.25) is 5.91 Å². The second-order valence-electron chi connectivity index (χ2n) is 5.09. The van der Waals surface area contributed by atoms with Crippen molar-refractivity contribution in [3.63, 3.8) is 0 Å². The fourth-order valence-electron chi connectivity index (χ4n) is 1.98. The van der Waals surface area contributed by atoms with E-state index >= 15 is 0 Å². The lowest BCUT2D eigenvalue weighted by Gasteiger charge is -2.07. The molecule has 25 heavy (non-hydrogen) atoms. The van der Waals surface area contributed by atoms with Crippen molar-refractivity contribution in [2.75, 3.05) is 5.75 Å². The first-order valence-corrected chi connectivity index (χ1v) is 8.29. The molecule has 2 aromatic rings. The molecule has 0 atom stereocenters. The number of nitrogens with zero attached hydrogens (tertiary/aromatic N) is 2. The van der Waals surface area contributed by atoms with Gasteiger partial charge in [0.1, 0.15) is 12.4 Å². The van der Waals surface area contributed by atoms with Crippen LogP contribution in [-0.4, -0.2) is 23.0 Å². The molecule has 1 amide bonds. The molecule has 1 aliphatic rings. The topological polar surface area (TPSA) is 63.0 Å². The first-order chi connectivity index (χ1) is 12.1. The second-order valence-corrected chi connectivity index (χ2v) is 6.06. The van der Waals surface area contributed by atoms with Crippen LogP contribution in [0.4, 0.5) is 8.78 Å². The molecule has 8 heteroatoms. The zero-order chi connectivity index (χ0) is 17.6. The molecule has 1 fully saturated rings. The Morgan fingerprint density at radius 2 is 2.00 bits per heavy atom. The molecule has 2 aromatic carbocycles. The number of carbonyl (C=O) groups is 1. The van der Waals surface area contributed by atoms with Crippen LogP contribution in [0.15, 0.2) is 52.7 Å². The lowest BCUT2D eigenvalue weighted by atomic mass is 10.1. The Bertz CT molecular complexity index is 838. The number of carbonyl (C=O) groups excluding carboxylic acids is 1. The smallest absolute Gasteiger partial charge is 0.236 e. The number of halogens is 2. The molecule has 1 aliphatic heterocycles. The van der Waals surface area contributed by atoms with Crippen LogP contribution in [0.2, 0.25) is 0 Å². The van der Waals surface area contributed by atoms with Crippen LogP contribution in [0, 0.1) is 11.6 Å². The van der Waals surface area contributed by atoms with Crippen molar-refractivity contribution < 1.29 is 18.3 Å². The molecule has 0 unspecified atom stereocenters. The van der Waals surface area contributed by atoms with Gasteiger partial charge in [-0.15, -0.1) is 5.10 Å². The molecule has 3 rings (SSSR count). The number of hydrogen-bond donors (Lipinski definition) is 1. The highest BCUT2D eigenvalue weighted by Crippen LogP contribution is 2.19. The molecule has 1 N–H and O–H groups in total. The van der Waals surface area contributed by atoms with E-state index in [-0.39, 0.29) is 18.3 Å². The van der Waals surface area contributed by atoms with E-state index in [0.717, 1.165) is 29.3 Å². The maximum Gasteiger partial charge on any atom is 0.236 e. The van der Waals surface area contributed by atoms with Crippen LogP contribution < -0.4 is 10.1 Å². The molecule has 0 aromatic heterocycles. The van der Waals surface area contributed by atoms with E-state index in [4.69, 9.17) is 4.74 Å². The summed E-state index contributed by atoms with van der Waals surface area (Å²) in [6.45, 7) is 0.114. The summed E-state index contributed by atoms with van der Waals surface area (Å²) in [7, 11) is 0. The van der Waals surface area contributed by atoms with Gasteiger partial charge in [-0.3, -0.25) is 4.79 Å². The number of benzene rings is 2. The van der Waals surface area contributed by atoms with Crippen LogP contribution in [0.5, 0.6) is 5.75 Å². The second kappa shape index (κ2) is 7.89. The summed E-state index contributed by atoms with van der Waals surface area (Å²) >= 11 is 1.30. The van der Waals surface area contributed by atoms with Gasteiger partial charge in [0.05, 0.1) is 12.0 Å². The number of rotatable bonds is 5. The molecule has 128 valence electrons. The van der Waals surface area contributed by atoms with E-state index < -0.39 is 11.6 Å². The van der Waals surface area contributed by atoms with Crippen molar-refractivity contribution in [1.82, 2.24) is 5.32 Å². The van der Waals surface area contributed by atoms with Crippen LogP contribution in [0.3, 0.4) is 0 Å². The zero-order valence-electron chi connectivity index (χ0n) is 12.9. The summed E-state index contributed by atoms with van der Waals surface area (Å²) < 4.78 is 31.8. The maximum absolute atomic E-state index is 13.5. The SMILES string of the molecule is O=C1CSC(=NN=Cc2ccc(COc3cc(F)ccc3F)cc2)N1. The Morgan fingerprint density at radius 3 is 2.72 bits per heavy atom. The number of amides is 1. The third-order valence-corrected chi connectivity index (χ3v) is 4.07. The van der Waals surface area contributed by atoms with Crippen molar-refractivity contribution in [3.8, 4) is 5.75 Å². The molecule has 5 nitrogen and oxygen atoms in total. The fourth-order valence-corrected chi connectivity index (χ4v) is 2.61. The monoisotopic (exact) mass is 361 g/mol. The minimum absolute atomic E-state index is 0.0852. The lowest BCUT2D eigenvalue weighted by Crippen LogP contribution is -2.19. The molecule has 0 spiro atoms. The quantitative estimate of drug-likeness (QED) is 0.658. The van der Waals surface area contributed by atoms with Gasteiger partial charge in [0.15, 0.2) is 16.7 Å². The van der Waals surface area contributed by atoms with Crippen molar-refractivity contribution in [1.29, 1.82) is 0 Å². The molecule has 0 bridgehead atoms. The first-order valence-electron chi connectivity index (χ1n) is 7.30. The standard InChI is InChI=1S/C17H13F2N3O2S/c18-13-5-6-14(19)15(7-13)24-9-12-3-1-11(2-4-12)8-20-22-17-21-16(23)10-25-17/h1-8H,9-10H2,(H,21,22,23). The molecule has 0 radical (unpaired) electrons. The Kier molecular flexibility index (Phi) is 5.39. The first kappa shape index (κ1) is 17.1. The highest BCUT2D eigenvalue weighted by Gasteiger charge is 2.15. The summed E-state index contributed by atoms with van der Waals surface area (Å²) in [4.78, 5) is 11.0. The third kappa shape index (κ3) is 4.87. The van der Waals surface area contributed by atoms with Crippen LogP contribution in [0.1, 0.15) is 11.1 Å². The zero-order valence-corrected chi connectivity index (χ0v) is 13.7. The Hall–Kier alpha value is -2.74. The summed E-state index contributed by atoms with van der Waals surface area (Å²) in [5.41, 5.74) is 1.60. The van der Waals surface area contributed by atoms with E-state index in [1.165, 1.54) is 11.8 Å². The van der Waals surface area contributed by atoms with Crippen LogP contribution in [0.25, 0.3) is 0 Å². The molecule has 1 saturated heterocycles. The highest BCUT2D eigenvalue weighted by atomic mass is 32.2. The molecule has 0 aliphatic carbocycles. The third-order valence-electron chi connectivity index (χ3n) is 3.21. The van der Waals surface area contributed by atoms with Crippen molar-refractivity contribution in [2.24, 2.45) is 10.2 Å². The Morgan fingerprint density at radius 1 is 1.20 bits per heavy atom. The number of thioether (sulfide) groups is 1. The number of ether oxygens (including phenoxy) is 1. The Labute approximate surface area is 146 Å². The maximum atomic E-state index is 13.5. The van der Waals surface area contributed by atoms with Crippen molar-refractivity contribution in [2.45, 2.75) is 6.61 Å². The van der Waals surface area contributed by atoms with Gasteiger partial charge in [-0.05, 0) is 23.3 Å². The number of hydrogen-bond acceptors (Lipinski definition) is 5. The Balaban J connectivity index is 1.57. The average molecular weight is 361 g/mol. The van der Waals surface area contributed by atoms with E-state index in [2.05, 4.69) is 15.5 Å². The minimum Gasteiger partial charge on any atom is -0.486 e. The van der Waals surface area contributed by atoms with Crippen LogP contribution in [-0.2, 0) is 11.4 Å². The van der Waals surface area contributed by atoms with Gasteiger partial charge in [-0.25, -0.2) is 8.78 Å². The van der Waals surface area contributed by atoms with Gasteiger partial charge in [-0.1, -0.05) is 36.0 Å². The molecule has 1 heterocycles. The van der Waals surface area contributed by atoms with Crippen molar-refractivity contribution in [3.05, 3.63) is 65.2 Å². The van der Waals surface area contributed by atoms with Crippen molar-refractivity contribution >= 4 is 29.1 Å². The summed E-state index contributed by atoms with van der Waals surface area (Å²) in [6, 6.07) is 10.2. The van der Waals surface area contributed by atoms with E-state index in [1.54, 1.807) is 30.5 Å². The minimum atomic E-state index is -0.610. The number of amidine groups is 1. The largest absolute Gasteiger partial charge is 0.486 e. The van der Waals surface area contributed by atoms with E-state index in [1.807, 2.05) is 0 Å². The molecule has 0 saturated carbocycles. The van der Waals surface area contributed by atoms with Gasteiger partial charge >= 0.3 is 0 Å². The van der Waals surface area contributed by atoms with Gasteiger partial charge in [0, 0.05) is 6.07 Å². The molecular formula is C17H13F2N3O2S. The summed E-state index contributed by atoms with van der Waals surface area (Å²) in [5, 5.41) is 10.9. The van der Waals surface area contributed by atoms with E-state index in [9.17, 15) is 13.6 Å². The fraction of sp³-hybridized carbons (Fsp3) is 0.118. The van der Waals surface area contributed by atoms with E-state index in [0.29, 0.717) is 10.9 Å². The lowest BCUT2D eigenvalue weighted by molar-refractivity contribution is -0.116. The molecular weight excluding hydrogens is 348 g/mol. The van der Waals surface area contributed by atoms with Gasteiger partial charge < -0.3 is 10.1 Å². The predicted octanol–water partition coefficient (Wildman–Crippen LogP) is 3.10. The van der Waals surface area contributed by atoms with Gasteiger partial charge in [-0.2, -0.15) is 5.10 Å². The predicted molar refractivity (Wildman–Crippen MR) is 92.8 cm³/mol. The normalized spacial score (nSPS) is 15.8. The van der Waals surface area contributed by atoms with Gasteiger partial charge in [0.25, 0.3) is 0 Å². The average Bonchev–Trinajstić information content (AvgIpc) is 3.02. The van der Waals surface area contributed by atoms with Crippen LogP contribution >= 0.6 is 11.8 Å². The highest BCUT2D eigenvalue weighted by molar-refractivity contribution is 8.15. The summed E-state index contributed by atoms with van der Waals surface area (Å²) in [6.07, 6.45) is 1.55.